The number of allylic oxidation sites excluding steroid dienone is 1. The van der Waals surface area contributed by atoms with E-state index in [2.05, 4.69) is 28.5 Å². The molecule has 0 bridgehead atoms. The molecule has 2 heterocycles. The average Bonchev–Trinajstić information content (AvgIpc) is 3.42. The predicted octanol–water partition coefficient (Wildman–Crippen LogP) is 3.70. The third-order valence-electron chi connectivity index (χ3n) is 5.53. The van der Waals surface area contributed by atoms with Gasteiger partial charge in [-0.2, -0.15) is 0 Å². The lowest BCUT2D eigenvalue weighted by Crippen LogP contribution is -2.48. The maximum absolute atomic E-state index is 13.1. The van der Waals surface area contributed by atoms with Crippen molar-refractivity contribution in [3.05, 3.63) is 83.1 Å². The Morgan fingerprint density at radius 1 is 1.29 bits per heavy atom. The highest BCUT2D eigenvalue weighted by atomic mass is 32.2. The van der Waals surface area contributed by atoms with Gasteiger partial charge in [-0.05, 0) is 35.2 Å². The summed E-state index contributed by atoms with van der Waals surface area (Å²) in [5.74, 6) is 0.383. The van der Waals surface area contributed by atoms with Gasteiger partial charge >= 0.3 is 5.91 Å². The highest BCUT2D eigenvalue weighted by molar-refractivity contribution is 7.99. The van der Waals surface area contributed by atoms with Crippen molar-refractivity contribution < 1.29 is 14.0 Å². The lowest BCUT2D eigenvalue weighted by molar-refractivity contribution is -0.119. The van der Waals surface area contributed by atoms with Crippen molar-refractivity contribution in [2.45, 2.75) is 23.8 Å². The van der Waals surface area contributed by atoms with E-state index in [4.69, 9.17) is 4.42 Å². The molecule has 0 saturated heterocycles. The molecular formula is C24H21N3O3S. The van der Waals surface area contributed by atoms with E-state index in [1.165, 1.54) is 5.56 Å². The molecule has 0 radical (unpaired) electrons. The molecule has 2 aliphatic rings. The molecule has 6 nitrogen and oxygen atoms in total. The number of fused-ring (bicyclic) bond motifs is 2. The fraction of sp³-hybridized carbons (Fsp3) is 0.208. The Kier molecular flexibility index (Phi) is 5.11. The quantitative estimate of drug-likeness (QED) is 0.682. The number of oxazole rings is 1. The van der Waals surface area contributed by atoms with Crippen LogP contribution in [0.4, 0.5) is 5.69 Å². The van der Waals surface area contributed by atoms with Crippen LogP contribution < -0.4 is 10.2 Å². The maximum atomic E-state index is 13.1. The van der Waals surface area contributed by atoms with Crippen LogP contribution in [0, 0.1) is 0 Å². The van der Waals surface area contributed by atoms with E-state index in [0.717, 1.165) is 28.1 Å². The largest absolute Gasteiger partial charge is 0.437 e. The van der Waals surface area contributed by atoms with Gasteiger partial charge in [-0.15, -0.1) is 11.8 Å². The number of carbonyl (C=O) groups is 2. The van der Waals surface area contributed by atoms with Gasteiger partial charge in [0.2, 0.25) is 5.91 Å². The zero-order valence-electron chi connectivity index (χ0n) is 17.0. The molecule has 156 valence electrons. The highest BCUT2D eigenvalue weighted by Gasteiger charge is 2.31. The van der Waals surface area contributed by atoms with E-state index in [0.29, 0.717) is 17.9 Å². The molecule has 1 atom stereocenters. The van der Waals surface area contributed by atoms with E-state index in [-0.39, 0.29) is 11.8 Å². The fourth-order valence-corrected chi connectivity index (χ4v) is 5.00. The van der Waals surface area contributed by atoms with Crippen LogP contribution in [0.15, 0.2) is 64.1 Å². The molecule has 2 aromatic carbocycles. The van der Waals surface area contributed by atoms with Gasteiger partial charge in [0, 0.05) is 24.1 Å². The second kappa shape index (κ2) is 8.07. The number of hydrogen-bond acceptors (Lipinski definition) is 5. The van der Waals surface area contributed by atoms with Crippen LogP contribution in [0.25, 0.3) is 6.08 Å². The Balaban J connectivity index is 1.30. The van der Waals surface area contributed by atoms with Crippen LogP contribution in [0.2, 0.25) is 0 Å². The number of nitrogens with one attached hydrogen (secondary N) is 1. The molecule has 1 aliphatic heterocycles. The average molecular weight is 432 g/mol. The highest BCUT2D eigenvalue weighted by Crippen LogP contribution is 2.38. The van der Waals surface area contributed by atoms with Gasteiger partial charge in [-0.25, -0.2) is 4.98 Å². The summed E-state index contributed by atoms with van der Waals surface area (Å²) in [4.78, 5) is 32.6. The number of thioether (sulfide) groups is 1. The van der Waals surface area contributed by atoms with Gasteiger partial charge in [0.05, 0.1) is 11.9 Å². The van der Waals surface area contributed by atoms with Crippen molar-refractivity contribution in [2.24, 2.45) is 0 Å². The number of benzene rings is 2. The molecule has 1 N–H and O–H groups in total. The molecule has 0 saturated carbocycles. The van der Waals surface area contributed by atoms with Crippen molar-refractivity contribution in [1.29, 1.82) is 0 Å². The summed E-state index contributed by atoms with van der Waals surface area (Å²) in [6, 6.07) is 13.4. The first-order valence-corrected chi connectivity index (χ1v) is 11.1. The summed E-state index contributed by atoms with van der Waals surface area (Å²) < 4.78 is 5.64. The number of rotatable bonds is 4. The topological polar surface area (TPSA) is 75.4 Å². The van der Waals surface area contributed by atoms with Crippen LogP contribution in [-0.2, 0) is 17.6 Å². The smallest absolute Gasteiger partial charge is 0.307 e. The van der Waals surface area contributed by atoms with Crippen molar-refractivity contribution in [3.8, 4) is 0 Å². The molecule has 31 heavy (non-hydrogen) atoms. The van der Waals surface area contributed by atoms with Crippen molar-refractivity contribution >= 4 is 35.3 Å². The number of hydrogen-bond donors (Lipinski definition) is 1. The van der Waals surface area contributed by atoms with E-state index < -0.39 is 11.9 Å². The van der Waals surface area contributed by atoms with Crippen molar-refractivity contribution in [3.63, 3.8) is 0 Å². The Hall–Kier alpha value is -3.32. The molecule has 7 heteroatoms. The van der Waals surface area contributed by atoms with Gasteiger partial charge in [-0.3, -0.25) is 9.59 Å². The molecule has 5 rings (SSSR count). The summed E-state index contributed by atoms with van der Waals surface area (Å²) in [5.41, 5.74) is 4.35. The first kappa shape index (κ1) is 19.6. The number of likely N-dealkylation sites (N-methyl/N-ethyl adjacent to an activating group) is 1. The monoisotopic (exact) mass is 431 g/mol. The van der Waals surface area contributed by atoms with E-state index in [9.17, 15) is 9.59 Å². The minimum absolute atomic E-state index is 0.0303. The lowest BCUT2D eigenvalue weighted by atomic mass is 10.1. The number of nitrogens with zero attached hydrogens (tertiary/aromatic N) is 2. The van der Waals surface area contributed by atoms with Crippen LogP contribution in [0.3, 0.4) is 0 Å². The number of carbonyl (C=O) groups excluding carboxylic acids is 2. The van der Waals surface area contributed by atoms with Crippen molar-refractivity contribution in [2.75, 3.05) is 17.7 Å². The molecule has 0 unspecified atom stereocenters. The summed E-state index contributed by atoms with van der Waals surface area (Å²) >= 11 is 1.58. The Morgan fingerprint density at radius 2 is 2.13 bits per heavy atom. The maximum Gasteiger partial charge on any atom is 0.307 e. The first-order chi connectivity index (χ1) is 15.1. The predicted molar refractivity (Wildman–Crippen MR) is 120 cm³/mol. The Bertz CT molecular complexity index is 1190. The number of aromatic nitrogens is 1. The third-order valence-corrected chi connectivity index (χ3v) is 6.66. The zero-order valence-corrected chi connectivity index (χ0v) is 17.8. The van der Waals surface area contributed by atoms with Crippen LogP contribution in [0.1, 0.15) is 33.1 Å². The van der Waals surface area contributed by atoms with Gasteiger partial charge in [-0.1, -0.05) is 42.5 Å². The standard InChI is InChI=1S/C24H21N3O3S/c1-27-20-11-16-8-5-9-17(16)12-21(20)31-14-19(24(27)29)26-22(28)23-25-13-18(30-23)10-15-6-3-2-4-7-15/h2-8,11-13,19H,9-10,14H2,1H3,(H,26,28)/t19-/m0/s1. The fourth-order valence-electron chi connectivity index (χ4n) is 3.86. The van der Waals surface area contributed by atoms with Gasteiger partial charge in [0.15, 0.2) is 0 Å². The van der Waals surface area contributed by atoms with Gasteiger partial charge in [0.25, 0.3) is 5.89 Å². The molecule has 0 fully saturated rings. The summed E-state index contributed by atoms with van der Waals surface area (Å²) in [5, 5.41) is 2.80. The van der Waals surface area contributed by atoms with Gasteiger partial charge in [0.1, 0.15) is 11.8 Å². The zero-order chi connectivity index (χ0) is 21.4. The SMILES string of the molecule is CN1C(=O)[C@@H](NC(=O)c2ncc(Cc3ccccc3)o2)CSc2cc3c(cc21)C=CC3. The number of anilines is 1. The second-order valence-corrected chi connectivity index (χ2v) is 8.72. The lowest BCUT2D eigenvalue weighted by Gasteiger charge is -2.21. The van der Waals surface area contributed by atoms with E-state index in [1.807, 2.05) is 36.4 Å². The van der Waals surface area contributed by atoms with Crippen LogP contribution in [0.5, 0.6) is 0 Å². The molecule has 1 aromatic heterocycles. The third kappa shape index (κ3) is 3.88. The normalized spacial score (nSPS) is 17.3. The summed E-state index contributed by atoms with van der Waals surface area (Å²) in [6.45, 7) is 0. The van der Waals surface area contributed by atoms with Crippen LogP contribution >= 0.6 is 11.8 Å². The number of amides is 2. The van der Waals surface area contributed by atoms with Gasteiger partial charge < -0.3 is 14.6 Å². The second-order valence-electron chi connectivity index (χ2n) is 7.65. The Morgan fingerprint density at radius 3 is 2.97 bits per heavy atom. The van der Waals surface area contributed by atoms with E-state index in [1.54, 1.807) is 29.9 Å². The molecule has 3 aromatic rings. The first-order valence-electron chi connectivity index (χ1n) is 10.1. The molecular weight excluding hydrogens is 410 g/mol. The molecule has 0 spiro atoms. The molecule has 1 aliphatic carbocycles. The Labute approximate surface area is 184 Å². The summed E-state index contributed by atoms with van der Waals surface area (Å²) in [6.07, 6.45) is 7.23. The van der Waals surface area contributed by atoms with E-state index >= 15 is 0 Å². The molecule has 2 amide bonds. The van der Waals surface area contributed by atoms with Crippen LogP contribution in [-0.4, -0.2) is 35.6 Å². The van der Waals surface area contributed by atoms with Crippen molar-refractivity contribution in [1.82, 2.24) is 10.3 Å². The minimum atomic E-state index is -0.662. The summed E-state index contributed by atoms with van der Waals surface area (Å²) in [7, 11) is 1.75. The minimum Gasteiger partial charge on any atom is -0.437 e.